The first-order chi connectivity index (χ1) is 21.2. The lowest BCUT2D eigenvalue weighted by Crippen LogP contribution is -2.26. The molecule has 8 rings (SSSR count). The zero-order valence-corrected chi connectivity index (χ0v) is 29.3. The van der Waals surface area contributed by atoms with Crippen LogP contribution in [0.4, 0.5) is 0 Å². The van der Waals surface area contributed by atoms with E-state index in [2.05, 4.69) is 137 Å². The highest BCUT2D eigenvalue weighted by atomic mass is 14.6. The van der Waals surface area contributed by atoms with Crippen molar-refractivity contribution >= 4 is 21.9 Å². The van der Waals surface area contributed by atoms with Crippen molar-refractivity contribution in [2.45, 2.75) is 105 Å². The zero-order valence-electron chi connectivity index (χ0n) is 29.3. The van der Waals surface area contributed by atoms with E-state index in [0.29, 0.717) is 5.92 Å². The molecular weight excluding hydrogens is 540 g/mol. The van der Waals surface area contributed by atoms with Crippen molar-refractivity contribution < 1.29 is 0 Å². The van der Waals surface area contributed by atoms with E-state index in [4.69, 9.17) is 0 Å². The molecule has 4 aliphatic rings. The monoisotopic (exact) mass is 588 g/mol. The van der Waals surface area contributed by atoms with Crippen molar-refractivity contribution in [1.29, 1.82) is 0 Å². The van der Waals surface area contributed by atoms with Gasteiger partial charge in [-0.05, 0) is 136 Å². The minimum absolute atomic E-state index is 0.0366. The van der Waals surface area contributed by atoms with Gasteiger partial charge in [0.1, 0.15) is 0 Å². The summed E-state index contributed by atoms with van der Waals surface area (Å²) in [5.74, 6) is 0.644. The van der Waals surface area contributed by atoms with Gasteiger partial charge >= 0.3 is 0 Å². The van der Waals surface area contributed by atoms with E-state index in [1.54, 1.807) is 16.7 Å². The van der Waals surface area contributed by atoms with Gasteiger partial charge in [-0.1, -0.05) is 119 Å². The largest absolute Gasteiger partial charge is 0.0715 e. The molecule has 45 heavy (non-hydrogen) atoms. The molecule has 4 aromatic rings. The van der Waals surface area contributed by atoms with E-state index < -0.39 is 0 Å². The Labute approximate surface area is 271 Å². The Hall–Kier alpha value is -3.64. The quantitative estimate of drug-likeness (QED) is 0.218. The molecular formula is C45H48. The van der Waals surface area contributed by atoms with Crippen molar-refractivity contribution in [3.8, 4) is 11.1 Å². The molecule has 4 aliphatic carbocycles. The molecule has 0 radical (unpaired) electrons. The van der Waals surface area contributed by atoms with Crippen molar-refractivity contribution in [3.05, 3.63) is 127 Å². The second-order valence-corrected chi connectivity index (χ2v) is 16.5. The molecule has 0 amide bonds. The molecule has 1 atom stereocenters. The molecule has 0 heterocycles. The van der Waals surface area contributed by atoms with Gasteiger partial charge in [-0.25, -0.2) is 0 Å². The summed E-state index contributed by atoms with van der Waals surface area (Å²) in [6.45, 7) is 26.2. The minimum Gasteiger partial charge on any atom is -0.0715 e. The third-order valence-electron chi connectivity index (χ3n) is 11.7. The standard InChI is InChI=1S/C45H48/c1-24(2)16-30-12-14-35-32(21-30)42-41(43(35,8)9)31-13-15-36-38(40(31)44(42,10)11)34-20-29(7)37-28(6)18-25(3)19-33(37)39(34)45(36)22-26(4)17-27(5)23-45/h12-15,17-22,24H,16,23H2,1-11H3. The number of hydrogen-bond donors (Lipinski definition) is 0. The molecule has 0 heteroatoms. The first-order valence-electron chi connectivity index (χ1n) is 17.2. The summed E-state index contributed by atoms with van der Waals surface area (Å²) in [5.41, 5.74) is 23.3. The van der Waals surface area contributed by atoms with Gasteiger partial charge in [-0.3, -0.25) is 0 Å². The van der Waals surface area contributed by atoms with Crippen molar-refractivity contribution in [2.24, 2.45) is 5.92 Å². The van der Waals surface area contributed by atoms with Crippen LogP contribution < -0.4 is 0 Å². The summed E-state index contributed by atoms with van der Waals surface area (Å²) >= 11 is 0. The number of rotatable bonds is 2. The van der Waals surface area contributed by atoms with E-state index in [9.17, 15) is 0 Å². The van der Waals surface area contributed by atoms with Crippen molar-refractivity contribution in [3.63, 3.8) is 0 Å². The average molecular weight is 589 g/mol. The van der Waals surface area contributed by atoms with Crippen LogP contribution in [0.1, 0.15) is 117 Å². The molecule has 0 aliphatic heterocycles. The normalized spacial score (nSPS) is 21.6. The second kappa shape index (κ2) is 9.00. The van der Waals surface area contributed by atoms with Crippen molar-refractivity contribution in [1.82, 2.24) is 0 Å². The minimum atomic E-state index is -0.157. The van der Waals surface area contributed by atoms with Crippen LogP contribution in [0.25, 0.3) is 33.0 Å². The highest BCUT2D eigenvalue weighted by Gasteiger charge is 2.54. The van der Waals surface area contributed by atoms with Gasteiger partial charge in [-0.15, -0.1) is 0 Å². The van der Waals surface area contributed by atoms with Gasteiger partial charge in [0.05, 0.1) is 0 Å². The van der Waals surface area contributed by atoms with Crippen molar-refractivity contribution in [2.75, 3.05) is 0 Å². The fourth-order valence-corrected chi connectivity index (χ4v) is 10.6. The number of aryl methyl sites for hydroxylation is 3. The molecule has 1 spiro atoms. The van der Waals surface area contributed by atoms with E-state index in [1.165, 1.54) is 83.1 Å². The molecule has 0 fully saturated rings. The zero-order chi connectivity index (χ0) is 32.0. The lowest BCUT2D eigenvalue weighted by atomic mass is 9.67. The SMILES string of the molecule is CC1=CC2(CC(C)=C1)c1ccc3c(c1-c1cc(C)c4c(C)cc(C)cc4c12)C(C)(C)C1=C3C(C)(C)c2ccc(CC(C)C)cc21. The van der Waals surface area contributed by atoms with Crippen LogP contribution in [-0.2, 0) is 22.7 Å². The maximum absolute atomic E-state index is 2.62. The van der Waals surface area contributed by atoms with Crippen LogP contribution in [0.2, 0.25) is 0 Å². The van der Waals surface area contributed by atoms with Crippen LogP contribution in [0, 0.1) is 26.7 Å². The summed E-state index contributed by atoms with van der Waals surface area (Å²) < 4.78 is 0. The van der Waals surface area contributed by atoms with Gasteiger partial charge in [0.25, 0.3) is 0 Å². The predicted octanol–water partition coefficient (Wildman–Crippen LogP) is 12.0. The topological polar surface area (TPSA) is 0 Å². The fraction of sp³-hybridized carbons (Fsp3) is 0.378. The molecule has 4 aromatic carbocycles. The maximum atomic E-state index is 2.62. The first-order valence-corrected chi connectivity index (χ1v) is 17.2. The second-order valence-electron chi connectivity index (χ2n) is 16.5. The third kappa shape index (κ3) is 3.60. The van der Waals surface area contributed by atoms with E-state index in [-0.39, 0.29) is 16.2 Å². The Balaban J connectivity index is 1.47. The van der Waals surface area contributed by atoms with Crippen LogP contribution >= 0.6 is 0 Å². The van der Waals surface area contributed by atoms with E-state index in [1.807, 2.05) is 0 Å². The Morgan fingerprint density at radius 2 is 1.38 bits per heavy atom. The number of benzene rings is 4. The van der Waals surface area contributed by atoms with Gasteiger partial charge in [0.2, 0.25) is 0 Å². The summed E-state index contributed by atoms with van der Waals surface area (Å²) in [6.07, 6.45) is 7.18. The lowest BCUT2D eigenvalue weighted by molar-refractivity contribution is 0.638. The summed E-state index contributed by atoms with van der Waals surface area (Å²) in [4.78, 5) is 0. The van der Waals surface area contributed by atoms with Gasteiger partial charge < -0.3 is 0 Å². The molecule has 0 bridgehead atoms. The molecule has 0 aromatic heterocycles. The molecule has 228 valence electrons. The number of hydrogen-bond acceptors (Lipinski definition) is 0. The molecule has 0 saturated carbocycles. The van der Waals surface area contributed by atoms with Crippen LogP contribution in [0.3, 0.4) is 0 Å². The van der Waals surface area contributed by atoms with Gasteiger partial charge in [0.15, 0.2) is 0 Å². The summed E-state index contributed by atoms with van der Waals surface area (Å²) in [7, 11) is 0. The average Bonchev–Trinajstić information content (AvgIpc) is 3.42. The van der Waals surface area contributed by atoms with Gasteiger partial charge in [0, 0.05) is 16.2 Å². The first kappa shape index (κ1) is 28.8. The van der Waals surface area contributed by atoms with Crippen LogP contribution in [0.15, 0.2) is 71.8 Å². The summed E-state index contributed by atoms with van der Waals surface area (Å²) in [5, 5.41) is 2.89. The van der Waals surface area contributed by atoms with E-state index in [0.717, 1.165) is 12.8 Å². The highest BCUT2D eigenvalue weighted by molar-refractivity contribution is 6.13. The lowest BCUT2D eigenvalue weighted by Gasteiger charge is -2.35. The highest BCUT2D eigenvalue weighted by Crippen LogP contribution is 2.67. The summed E-state index contributed by atoms with van der Waals surface area (Å²) in [6, 6.07) is 19.9. The van der Waals surface area contributed by atoms with Gasteiger partial charge in [-0.2, -0.15) is 0 Å². The van der Waals surface area contributed by atoms with Crippen LogP contribution in [0.5, 0.6) is 0 Å². The Kier molecular flexibility index (Phi) is 5.76. The Morgan fingerprint density at radius 3 is 2.09 bits per heavy atom. The number of allylic oxidation sites excluding steroid dienone is 6. The fourth-order valence-electron chi connectivity index (χ4n) is 10.6. The third-order valence-corrected chi connectivity index (χ3v) is 11.7. The maximum Gasteiger partial charge on any atom is 0.0443 e. The molecule has 1 unspecified atom stereocenters. The molecule has 0 nitrogen and oxygen atoms in total. The number of fused-ring (bicyclic) bond motifs is 12. The Morgan fingerprint density at radius 1 is 0.689 bits per heavy atom. The molecule has 0 saturated heterocycles. The van der Waals surface area contributed by atoms with Crippen LogP contribution in [-0.4, -0.2) is 0 Å². The van der Waals surface area contributed by atoms with E-state index >= 15 is 0 Å². The molecule has 0 N–H and O–H groups in total. The smallest absolute Gasteiger partial charge is 0.0443 e. The Bertz CT molecular complexity index is 2120. The predicted molar refractivity (Wildman–Crippen MR) is 194 cm³/mol.